The van der Waals surface area contributed by atoms with Crippen LogP contribution in [-0.2, 0) is 0 Å². The van der Waals surface area contributed by atoms with Gasteiger partial charge in [-0.1, -0.05) is 12.1 Å². The van der Waals surface area contributed by atoms with Gasteiger partial charge in [0, 0.05) is 5.25 Å². The molecule has 0 aliphatic carbocycles. The van der Waals surface area contributed by atoms with E-state index in [9.17, 15) is 4.79 Å². The number of carboxylic acids is 1. The van der Waals surface area contributed by atoms with Crippen LogP contribution in [0.3, 0.4) is 0 Å². The average Bonchev–Trinajstić information content (AvgIpc) is 2.38. The Balaban J connectivity index is 1.96. The predicted octanol–water partition coefficient (Wildman–Crippen LogP) is 2.16. The summed E-state index contributed by atoms with van der Waals surface area (Å²) in [6, 6.07) is 6.73. The van der Waals surface area contributed by atoms with Gasteiger partial charge in [-0.15, -0.1) is 0 Å². The number of rotatable bonds is 4. The van der Waals surface area contributed by atoms with Crippen molar-refractivity contribution in [2.45, 2.75) is 18.1 Å². The van der Waals surface area contributed by atoms with Gasteiger partial charge >= 0.3 is 5.97 Å². The van der Waals surface area contributed by atoms with Crippen molar-refractivity contribution < 1.29 is 14.1 Å². The molecule has 1 saturated heterocycles. The van der Waals surface area contributed by atoms with Crippen molar-refractivity contribution >= 4 is 18.0 Å². The fraction of sp³-hybridized carbons (Fsp3) is 0.417. The smallest absolute Gasteiger partial charge is 0.339 e. The number of piperidine rings is 1. The largest absolute Gasteiger partial charge is 0.478 e. The quantitative estimate of drug-likeness (QED) is 0.805. The molecule has 0 bridgehead atoms. The molecule has 17 heavy (non-hydrogen) atoms. The summed E-state index contributed by atoms with van der Waals surface area (Å²) in [6.45, 7) is 2.00. The lowest BCUT2D eigenvalue weighted by Gasteiger charge is -2.21. The van der Waals surface area contributed by atoms with Crippen molar-refractivity contribution in [1.29, 1.82) is 0 Å². The van der Waals surface area contributed by atoms with Crippen LogP contribution >= 0.6 is 12.0 Å². The number of aromatic carboxylic acids is 1. The minimum Gasteiger partial charge on any atom is -0.478 e. The normalized spacial score (nSPS) is 16.7. The summed E-state index contributed by atoms with van der Waals surface area (Å²) in [5.41, 5.74) is 0.217. The second kappa shape index (κ2) is 5.93. The van der Waals surface area contributed by atoms with Gasteiger partial charge in [0.25, 0.3) is 0 Å². The van der Waals surface area contributed by atoms with E-state index < -0.39 is 5.97 Å². The van der Waals surface area contributed by atoms with Crippen LogP contribution in [0.1, 0.15) is 23.2 Å². The second-order valence-electron chi connectivity index (χ2n) is 3.93. The van der Waals surface area contributed by atoms with Crippen LogP contribution in [0.2, 0.25) is 0 Å². The molecule has 2 rings (SSSR count). The summed E-state index contributed by atoms with van der Waals surface area (Å²) in [5.74, 6) is -0.518. The monoisotopic (exact) mass is 253 g/mol. The van der Waals surface area contributed by atoms with E-state index in [2.05, 4.69) is 5.32 Å². The van der Waals surface area contributed by atoms with Crippen LogP contribution < -0.4 is 9.50 Å². The van der Waals surface area contributed by atoms with Crippen LogP contribution in [0, 0.1) is 0 Å². The SMILES string of the molecule is O=C(O)c1ccccc1OSC1CCNCC1. The molecule has 2 N–H and O–H groups in total. The zero-order valence-electron chi connectivity index (χ0n) is 9.39. The molecule has 92 valence electrons. The zero-order valence-corrected chi connectivity index (χ0v) is 10.2. The molecule has 1 aliphatic heterocycles. The maximum Gasteiger partial charge on any atom is 0.339 e. The van der Waals surface area contributed by atoms with E-state index >= 15 is 0 Å². The third kappa shape index (κ3) is 3.38. The van der Waals surface area contributed by atoms with Gasteiger partial charge in [0.05, 0.1) is 12.0 Å². The molecule has 1 aliphatic rings. The molecular weight excluding hydrogens is 238 g/mol. The Hall–Kier alpha value is -1.20. The molecule has 1 fully saturated rings. The third-order valence-corrected chi connectivity index (χ3v) is 3.70. The average molecular weight is 253 g/mol. The number of hydrogen-bond donors (Lipinski definition) is 2. The number of hydrogen-bond acceptors (Lipinski definition) is 4. The lowest BCUT2D eigenvalue weighted by Crippen LogP contribution is -2.29. The summed E-state index contributed by atoms with van der Waals surface area (Å²) in [7, 11) is 0. The van der Waals surface area contributed by atoms with Crippen molar-refractivity contribution in [2.75, 3.05) is 13.1 Å². The van der Waals surface area contributed by atoms with E-state index in [-0.39, 0.29) is 5.56 Å². The summed E-state index contributed by atoms with van der Waals surface area (Å²) < 4.78 is 5.55. The summed E-state index contributed by atoms with van der Waals surface area (Å²) in [4.78, 5) is 11.0. The van der Waals surface area contributed by atoms with E-state index in [0.29, 0.717) is 11.0 Å². The molecule has 4 nitrogen and oxygen atoms in total. The second-order valence-corrected chi connectivity index (χ2v) is 4.96. The topological polar surface area (TPSA) is 58.6 Å². The van der Waals surface area contributed by atoms with Gasteiger partial charge < -0.3 is 14.6 Å². The van der Waals surface area contributed by atoms with Crippen molar-refractivity contribution in [3.05, 3.63) is 29.8 Å². The molecule has 0 unspecified atom stereocenters. The van der Waals surface area contributed by atoms with E-state index in [1.165, 1.54) is 12.0 Å². The molecule has 1 heterocycles. The Kier molecular flexibility index (Phi) is 4.28. The van der Waals surface area contributed by atoms with Crippen molar-refractivity contribution in [1.82, 2.24) is 5.32 Å². The Labute approximate surface area is 105 Å². The van der Waals surface area contributed by atoms with Crippen LogP contribution in [-0.4, -0.2) is 29.4 Å². The van der Waals surface area contributed by atoms with Gasteiger partial charge in [-0.25, -0.2) is 4.79 Å². The highest BCUT2D eigenvalue weighted by Gasteiger charge is 2.17. The van der Waals surface area contributed by atoms with Crippen LogP contribution in [0.4, 0.5) is 0 Å². The highest BCUT2D eigenvalue weighted by molar-refractivity contribution is 7.95. The first-order chi connectivity index (χ1) is 8.27. The molecule has 0 spiro atoms. The Morgan fingerprint density at radius 2 is 2.06 bits per heavy atom. The minimum atomic E-state index is -0.952. The molecule has 0 saturated carbocycles. The van der Waals surface area contributed by atoms with Crippen LogP contribution in [0.25, 0.3) is 0 Å². The minimum absolute atomic E-state index is 0.217. The van der Waals surface area contributed by atoms with Crippen LogP contribution in [0.15, 0.2) is 24.3 Å². The number of carboxylic acid groups (broad SMARTS) is 1. The predicted molar refractivity (Wildman–Crippen MR) is 67.5 cm³/mol. The standard InChI is InChI=1S/C12H15NO3S/c14-12(15)10-3-1-2-4-11(10)16-17-9-5-7-13-8-6-9/h1-4,9,13H,5-8H2,(H,14,15). The summed E-state index contributed by atoms with van der Waals surface area (Å²) in [5, 5.41) is 12.7. The number of para-hydroxylation sites is 1. The van der Waals surface area contributed by atoms with Gasteiger partial charge in [-0.3, -0.25) is 0 Å². The van der Waals surface area contributed by atoms with E-state index in [0.717, 1.165) is 25.9 Å². The fourth-order valence-electron chi connectivity index (χ4n) is 1.73. The first-order valence-corrected chi connectivity index (χ1v) is 6.44. The van der Waals surface area contributed by atoms with Crippen LogP contribution in [0.5, 0.6) is 5.75 Å². The Morgan fingerprint density at radius 1 is 1.35 bits per heavy atom. The highest BCUT2D eigenvalue weighted by Crippen LogP contribution is 2.27. The fourth-order valence-corrected chi connectivity index (χ4v) is 2.54. The molecule has 5 heteroatoms. The third-order valence-electron chi connectivity index (χ3n) is 2.68. The molecule has 1 aromatic rings. The van der Waals surface area contributed by atoms with E-state index in [1.807, 2.05) is 0 Å². The van der Waals surface area contributed by atoms with Crippen molar-refractivity contribution in [3.8, 4) is 5.75 Å². The summed E-state index contributed by atoms with van der Waals surface area (Å²) >= 11 is 1.38. The number of carbonyl (C=O) groups is 1. The molecule has 0 aromatic heterocycles. The zero-order chi connectivity index (χ0) is 12.1. The highest BCUT2D eigenvalue weighted by atomic mass is 32.2. The van der Waals surface area contributed by atoms with Gasteiger partial charge in [0.15, 0.2) is 5.75 Å². The van der Waals surface area contributed by atoms with Gasteiger partial charge in [-0.2, -0.15) is 0 Å². The number of nitrogens with one attached hydrogen (secondary N) is 1. The van der Waals surface area contributed by atoms with Gasteiger partial charge in [-0.05, 0) is 38.1 Å². The molecular formula is C12H15NO3S. The molecule has 0 amide bonds. The van der Waals surface area contributed by atoms with E-state index in [1.54, 1.807) is 24.3 Å². The first-order valence-electron chi connectivity index (χ1n) is 5.64. The maximum absolute atomic E-state index is 11.0. The van der Waals surface area contributed by atoms with Crippen molar-refractivity contribution in [2.24, 2.45) is 0 Å². The molecule has 1 aromatic carbocycles. The maximum atomic E-state index is 11.0. The van der Waals surface area contributed by atoms with Crippen molar-refractivity contribution in [3.63, 3.8) is 0 Å². The molecule has 0 atom stereocenters. The molecule has 0 radical (unpaired) electrons. The Morgan fingerprint density at radius 3 is 2.76 bits per heavy atom. The first kappa shape index (κ1) is 12.3. The number of benzene rings is 1. The lowest BCUT2D eigenvalue weighted by molar-refractivity contribution is 0.0695. The van der Waals surface area contributed by atoms with E-state index in [4.69, 9.17) is 9.29 Å². The van der Waals surface area contributed by atoms with Gasteiger partial charge in [0.2, 0.25) is 0 Å². The Bertz CT molecular complexity index is 391. The van der Waals surface area contributed by atoms with Gasteiger partial charge in [0.1, 0.15) is 5.56 Å². The summed E-state index contributed by atoms with van der Waals surface area (Å²) in [6.07, 6.45) is 2.11. The lowest BCUT2D eigenvalue weighted by atomic mass is 10.2.